The van der Waals surface area contributed by atoms with Crippen molar-refractivity contribution >= 4 is 37.1 Å². The second kappa shape index (κ2) is 5.18. The lowest BCUT2D eigenvalue weighted by Gasteiger charge is -2.13. The first-order valence-electron chi connectivity index (χ1n) is 5.89. The predicted molar refractivity (Wildman–Crippen MR) is 78.0 cm³/mol. The largest absolute Gasteiger partial charge is 0.398 e. The molecule has 0 spiro atoms. The van der Waals surface area contributed by atoms with Crippen LogP contribution in [0.1, 0.15) is 12.0 Å². The zero-order valence-corrected chi connectivity index (χ0v) is 13.1. The van der Waals surface area contributed by atoms with E-state index in [-0.39, 0.29) is 33.5 Å². The lowest BCUT2D eigenvalue weighted by molar-refractivity contribution is 0.562. The first kappa shape index (κ1) is 15.6. The molecule has 1 saturated heterocycles. The molecule has 0 bridgehead atoms. The van der Waals surface area contributed by atoms with Gasteiger partial charge in [-0.05, 0) is 31.0 Å². The molecule has 0 aromatic heterocycles. The van der Waals surface area contributed by atoms with Crippen LogP contribution in [0.3, 0.4) is 0 Å². The number of hydrogen-bond acceptors (Lipinski definition) is 5. The molecular weight excluding hydrogens is 324 g/mol. The summed E-state index contributed by atoms with van der Waals surface area (Å²) in [5, 5.41) is 0.254. The van der Waals surface area contributed by atoms with Gasteiger partial charge in [-0.25, -0.2) is 21.6 Å². The maximum atomic E-state index is 12.2. The number of rotatable bonds is 3. The van der Waals surface area contributed by atoms with E-state index in [2.05, 4.69) is 4.72 Å². The van der Waals surface area contributed by atoms with Crippen molar-refractivity contribution in [1.82, 2.24) is 4.72 Å². The van der Waals surface area contributed by atoms with Gasteiger partial charge in [-0.3, -0.25) is 0 Å². The normalized spacial score (nSPS) is 22.0. The van der Waals surface area contributed by atoms with Crippen molar-refractivity contribution in [3.05, 3.63) is 22.7 Å². The number of nitrogen functional groups attached to an aromatic ring is 1. The first-order chi connectivity index (χ1) is 9.11. The van der Waals surface area contributed by atoms with Crippen LogP contribution in [0.15, 0.2) is 17.0 Å². The van der Waals surface area contributed by atoms with E-state index in [4.69, 9.17) is 17.3 Å². The Morgan fingerprint density at radius 1 is 1.40 bits per heavy atom. The Morgan fingerprint density at radius 2 is 2.05 bits per heavy atom. The van der Waals surface area contributed by atoms with E-state index < -0.39 is 25.9 Å². The highest BCUT2D eigenvalue weighted by molar-refractivity contribution is 7.92. The number of hydrogen-bond donors (Lipinski definition) is 2. The summed E-state index contributed by atoms with van der Waals surface area (Å²) in [4.78, 5) is -0.0603. The number of nitrogens with one attached hydrogen (secondary N) is 1. The molecule has 1 aromatic rings. The van der Waals surface area contributed by atoms with Gasteiger partial charge in [0.05, 0.1) is 16.4 Å². The highest BCUT2D eigenvalue weighted by Crippen LogP contribution is 2.26. The second-order valence-electron chi connectivity index (χ2n) is 4.84. The van der Waals surface area contributed by atoms with Gasteiger partial charge in [-0.1, -0.05) is 11.6 Å². The van der Waals surface area contributed by atoms with E-state index in [1.165, 1.54) is 12.1 Å². The van der Waals surface area contributed by atoms with Gasteiger partial charge in [0.15, 0.2) is 9.84 Å². The highest BCUT2D eigenvalue weighted by atomic mass is 35.5. The van der Waals surface area contributed by atoms with Crippen molar-refractivity contribution in [2.75, 3.05) is 17.2 Å². The maximum absolute atomic E-state index is 12.2. The van der Waals surface area contributed by atoms with Gasteiger partial charge in [-0.2, -0.15) is 0 Å². The van der Waals surface area contributed by atoms with E-state index in [1.54, 1.807) is 6.92 Å². The molecule has 0 amide bonds. The fourth-order valence-electron chi connectivity index (χ4n) is 2.00. The van der Waals surface area contributed by atoms with Crippen LogP contribution >= 0.6 is 11.6 Å². The lowest BCUT2D eigenvalue weighted by atomic mass is 10.2. The molecule has 1 aliphatic rings. The third-order valence-corrected chi connectivity index (χ3v) is 6.88. The Bertz CT molecular complexity index is 721. The monoisotopic (exact) mass is 338 g/mol. The van der Waals surface area contributed by atoms with Crippen molar-refractivity contribution in [2.45, 2.75) is 24.3 Å². The quantitative estimate of drug-likeness (QED) is 0.789. The number of halogens is 1. The van der Waals surface area contributed by atoms with Gasteiger partial charge in [0.25, 0.3) is 0 Å². The molecule has 0 saturated carbocycles. The molecule has 1 unspecified atom stereocenters. The van der Waals surface area contributed by atoms with Gasteiger partial charge < -0.3 is 5.73 Å². The summed E-state index contributed by atoms with van der Waals surface area (Å²) in [6.07, 6.45) is 0.274. The molecule has 0 radical (unpaired) electrons. The summed E-state index contributed by atoms with van der Waals surface area (Å²) in [6, 6.07) is 2.01. The highest BCUT2D eigenvalue weighted by Gasteiger charge is 2.31. The Balaban J connectivity index is 2.28. The van der Waals surface area contributed by atoms with Crippen molar-refractivity contribution in [3.8, 4) is 0 Å². The SMILES string of the molecule is Cc1c(N)cc(S(=O)(=O)NC2CCS(=O)(=O)C2)cc1Cl. The predicted octanol–water partition coefficient (Wildman–Crippen LogP) is 0.696. The number of sulfonamides is 1. The summed E-state index contributed by atoms with van der Waals surface area (Å²) in [6.45, 7) is 1.69. The van der Waals surface area contributed by atoms with Crippen LogP contribution in [-0.4, -0.2) is 34.4 Å². The van der Waals surface area contributed by atoms with Crippen LogP contribution < -0.4 is 10.5 Å². The van der Waals surface area contributed by atoms with Gasteiger partial charge >= 0.3 is 0 Å². The Kier molecular flexibility index (Phi) is 4.03. The summed E-state index contributed by atoms with van der Waals surface area (Å²) >= 11 is 5.92. The van der Waals surface area contributed by atoms with Crippen molar-refractivity contribution < 1.29 is 16.8 Å². The van der Waals surface area contributed by atoms with Gasteiger partial charge in [0, 0.05) is 16.8 Å². The van der Waals surface area contributed by atoms with Crippen molar-refractivity contribution in [3.63, 3.8) is 0 Å². The minimum absolute atomic E-state index is 0.00300. The minimum atomic E-state index is -3.83. The standard InChI is InChI=1S/C11H15ClN2O4S2/c1-7-10(12)4-9(5-11(7)13)20(17,18)14-8-2-3-19(15,16)6-8/h4-5,8,14H,2-3,6,13H2,1H3. The lowest BCUT2D eigenvalue weighted by Crippen LogP contribution is -2.35. The molecule has 1 heterocycles. The Hall–Kier alpha value is -0.830. The van der Waals surface area contributed by atoms with Gasteiger partial charge in [-0.15, -0.1) is 0 Å². The summed E-state index contributed by atoms with van der Waals surface area (Å²) in [5.41, 5.74) is 6.58. The fraction of sp³-hybridized carbons (Fsp3) is 0.455. The second-order valence-corrected chi connectivity index (χ2v) is 9.19. The average Bonchev–Trinajstić information content (AvgIpc) is 2.64. The van der Waals surface area contributed by atoms with Crippen LogP contribution in [0.5, 0.6) is 0 Å². The molecule has 6 nitrogen and oxygen atoms in total. The summed E-state index contributed by atoms with van der Waals surface area (Å²) in [7, 11) is -6.99. The molecular formula is C11H15ClN2O4S2. The molecule has 1 aliphatic heterocycles. The summed E-state index contributed by atoms with van der Waals surface area (Å²) < 4.78 is 49.5. The minimum Gasteiger partial charge on any atom is -0.398 e. The third kappa shape index (κ3) is 3.25. The fourth-order valence-corrected chi connectivity index (χ4v) is 5.41. The molecule has 112 valence electrons. The van der Waals surface area contributed by atoms with E-state index in [0.717, 1.165) is 0 Å². The molecule has 20 heavy (non-hydrogen) atoms. The van der Waals surface area contributed by atoms with Crippen LogP contribution in [-0.2, 0) is 19.9 Å². The molecule has 2 rings (SSSR count). The van der Waals surface area contributed by atoms with Crippen LogP contribution in [0.4, 0.5) is 5.69 Å². The average molecular weight is 339 g/mol. The number of benzene rings is 1. The molecule has 1 fully saturated rings. The molecule has 1 atom stereocenters. The number of anilines is 1. The summed E-state index contributed by atoms with van der Waals surface area (Å²) in [5.74, 6) is -0.182. The zero-order chi connectivity index (χ0) is 15.1. The van der Waals surface area contributed by atoms with E-state index in [9.17, 15) is 16.8 Å². The van der Waals surface area contributed by atoms with E-state index in [0.29, 0.717) is 5.56 Å². The Morgan fingerprint density at radius 3 is 2.55 bits per heavy atom. The smallest absolute Gasteiger partial charge is 0.240 e. The van der Waals surface area contributed by atoms with Crippen molar-refractivity contribution in [1.29, 1.82) is 0 Å². The molecule has 0 aliphatic carbocycles. The number of sulfone groups is 1. The molecule has 3 N–H and O–H groups in total. The van der Waals surface area contributed by atoms with Gasteiger partial charge in [0.2, 0.25) is 10.0 Å². The van der Waals surface area contributed by atoms with Crippen LogP contribution in [0.25, 0.3) is 0 Å². The molecule has 1 aromatic carbocycles. The number of nitrogens with two attached hydrogens (primary N) is 1. The maximum Gasteiger partial charge on any atom is 0.240 e. The molecule has 9 heteroatoms. The third-order valence-electron chi connectivity index (χ3n) is 3.22. The topological polar surface area (TPSA) is 106 Å². The van der Waals surface area contributed by atoms with E-state index >= 15 is 0 Å². The van der Waals surface area contributed by atoms with Crippen LogP contribution in [0, 0.1) is 6.92 Å². The van der Waals surface area contributed by atoms with Crippen LogP contribution in [0.2, 0.25) is 5.02 Å². The zero-order valence-electron chi connectivity index (χ0n) is 10.8. The Labute approximate surface area is 123 Å². The van der Waals surface area contributed by atoms with E-state index in [1.807, 2.05) is 0 Å². The first-order valence-corrected chi connectivity index (χ1v) is 9.57. The van der Waals surface area contributed by atoms with Gasteiger partial charge in [0.1, 0.15) is 0 Å². The van der Waals surface area contributed by atoms with Crippen molar-refractivity contribution in [2.24, 2.45) is 0 Å².